The summed E-state index contributed by atoms with van der Waals surface area (Å²) in [5, 5.41) is 6.34. The van der Waals surface area contributed by atoms with Crippen molar-refractivity contribution in [2.75, 3.05) is 26.7 Å². The van der Waals surface area contributed by atoms with E-state index in [1.54, 1.807) is 7.05 Å². The summed E-state index contributed by atoms with van der Waals surface area (Å²) in [7, 11) is 1.73. The maximum absolute atomic E-state index is 11.9. The number of nitrogens with zero attached hydrogens (tertiary/aromatic N) is 1. The van der Waals surface area contributed by atoms with E-state index < -0.39 is 0 Å². The molecule has 0 radical (unpaired) electrons. The summed E-state index contributed by atoms with van der Waals surface area (Å²) < 4.78 is 0. The van der Waals surface area contributed by atoms with Crippen LogP contribution in [-0.2, 0) is 4.79 Å². The van der Waals surface area contributed by atoms with E-state index in [0.717, 1.165) is 26.1 Å². The molecule has 2 unspecified atom stereocenters. The first-order valence-corrected chi connectivity index (χ1v) is 6.58. The predicted molar refractivity (Wildman–Crippen MR) is 68.9 cm³/mol. The summed E-state index contributed by atoms with van der Waals surface area (Å²) in [6, 6.07) is 0.594. The molecular formula is C13H25N3O. The van der Waals surface area contributed by atoms with Gasteiger partial charge >= 0.3 is 0 Å². The number of hydrogen-bond donors (Lipinski definition) is 2. The highest BCUT2D eigenvalue weighted by Crippen LogP contribution is 2.34. The molecule has 2 N–H and O–H groups in total. The molecule has 17 heavy (non-hydrogen) atoms. The lowest BCUT2D eigenvalue weighted by molar-refractivity contribution is -0.129. The fourth-order valence-electron chi connectivity index (χ4n) is 3.18. The smallest absolute Gasteiger partial charge is 0.227 e. The van der Waals surface area contributed by atoms with Crippen LogP contribution < -0.4 is 10.6 Å². The quantitative estimate of drug-likeness (QED) is 0.741. The van der Waals surface area contributed by atoms with E-state index in [0.29, 0.717) is 6.04 Å². The summed E-state index contributed by atoms with van der Waals surface area (Å²) in [4.78, 5) is 14.4. The average Bonchev–Trinajstić information content (AvgIpc) is 2.82. The molecule has 0 aromatic heterocycles. The molecule has 1 amide bonds. The minimum absolute atomic E-state index is 0.185. The molecule has 4 nitrogen and oxygen atoms in total. The van der Waals surface area contributed by atoms with Crippen LogP contribution in [-0.4, -0.2) is 49.1 Å². The van der Waals surface area contributed by atoms with Crippen molar-refractivity contribution in [3.63, 3.8) is 0 Å². The number of likely N-dealkylation sites (tertiary alicyclic amines) is 1. The van der Waals surface area contributed by atoms with Crippen LogP contribution >= 0.6 is 0 Å². The fraction of sp³-hybridized carbons (Fsp3) is 0.923. The molecular weight excluding hydrogens is 214 g/mol. The Morgan fingerprint density at radius 3 is 2.65 bits per heavy atom. The van der Waals surface area contributed by atoms with Crippen LogP contribution in [0.2, 0.25) is 0 Å². The highest BCUT2D eigenvalue weighted by Gasteiger charge is 2.44. The summed E-state index contributed by atoms with van der Waals surface area (Å²) >= 11 is 0. The van der Waals surface area contributed by atoms with Gasteiger partial charge in [0.25, 0.3) is 0 Å². The Labute approximate surface area is 104 Å². The zero-order chi connectivity index (χ0) is 12.7. The van der Waals surface area contributed by atoms with Crippen molar-refractivity contribution in [3.05, 3.63) is 0 Å². The molecule has 2 fully saturated rings. The minimum Gasteiger partial charge on any atom is -0.359 e. The lowest BCUT2D eigenvalue weighted by atomic mass is 9.89. The number of rotatable bonds is 2. The van der Waals surface area contributed by atoms with Crippen molar-refractivity contribution < 1.29 is 4.79 Å². The Balaban J connectivity index is 1.97. The van der Waals surface area contributed by atoms with Gasteiger partial charge in [-0.05, 0) is 40.2 Å². The summed E-state index contributed by atoms with van der Waals surface area (Å²) in [5.41, 5.74) is 0.0537. The van der Waals surface area contributed by atoms with Crippen LogP contribution in [0.25, 0.3) is 0 Å². The second-order valence-corrected chi connectivity index (χ2v) is 6.48. The van der Waals surface area contributed by atoms with Gasteiger partial charge in [0.05, 0.1) is 5.41 Å². The molecule has 2 aliphatic rings. The normalized spacial score (nSPS) is 37.3. The molecule has 98 valence electrons. The first kappa shape index (κ1) is 12.8. The van der Waals surface area contributed by atoms with E-state index >= 15 is 0 Å². The predicted octanol–water partition coefficient (Wildman–Crippen LogP) is 0.585. The lowest BCUT2D eigenvalue weighted by Crippen LogP contribution is -2.42. The van der Waals surface area contributed by atoms with E-state index in [2.05, 4.69) is 36.3 Å². The molecule has 0 saturated carbocycles. The highest BCUT2D eigenvalue weighted by molar-refractivity contribution is 5.82. The third kappa shape index (κ3) is 2.47. The molecule has 0 aliphatic carbocycles. The van der Waals surface area contributed by atoms with Gasteiger partial charge in [-0.2, -0.15) is 0 Å². The largest absolute Gasteiger partial charge is 0.359 e. The van der Waals surface area contributed by atoms with Crippen molar-refractivity contribution in [3.8, 4) is 0 Å². The summed E-state index contributed by atoms with van der Waals surface area (Å²) in [6.07, 6.45) is 2.15. The maximum atomic E-state index is 11.9. The number of nitrogens with one attached hydrogen (secondary N) is 2. The monoisotopic (exact) mass is 239 g/mol. The van der Waals surface area contributed by atoms with Crippen LogP contribution in [0.1, 0.15) is 33.6 Å². The standard InChI is InChI=1S/C13H25N3O/c1-12(2)7-10(8-15-12)16-6-5-13(3,9-16)11(17)14-4/h10,15H,5-9H2,1-4H3,(H,14,17). The van der Waals surface area contributed by atoms with E-state index in [9.17, 15) is 4.79 Å². The molecule has 0 spiro atoms. The first-order chi connectivity index (χ1) is 7.86. The van der Waals surface area contributed by atoms with Gasteiger partial charge in [0.15, 0.2) is 0 Å². The average molecular weight is 239 g/mol. The fourth-order valence-corrected chi connectivity index (χ4v) is 3.18. The number of carbonyl (C=O) groups excluding carboxylic acids is 1. The number of hydrogen-bond acceptors (Lipinski definition) is 3. The molecule has 2 aliphatic heterocycles. The van der Waals surface area contributed by atoms with Crippen LogP contribution in [0.3, 0.4) is 0 Å². The van der Waals surface area contributed by atoms with Gasteiger partial charge in [-0.1, -0.05) is 0 Å². The van der Waals surface area contributed by atoms with E-state index in [-0.39, 0.29) is 16.9 Å². The number of amides is 1. The van der Waals surface area contributed by atoms with Crippen molar-refractivity contribution in [1.82, 2.24) is 15.5 Å². The highest BCUT2D eigenvalue weighted by atomic mass is 16.2. The zero-order valence-corrected chi connectivity index (χ0v) is 11.5. The molecule has 0 bridgehead atoms. The molecule has 2 saturated heterocycles. The van der Waals surface area contributed by atoms with Gasteiger partial charge in [-0.15, -0.1) is 0 Å². The van der Waals surface area contributed by atoms with Gasteiger partial charge in [-0.3, -0.25) is 9.69 Å². The van der Waals surface area contributed by atoms with Crippen molar-refractivity contribution >= 4 is 5.91 Å². The molecule has 0 aromatic carbocycles. The molecule has 2 heterocycles. The second kappa shape index (κ2) is 4.25. The molecule has 4 heteroatoms. The molecule has 0 aromatic rings. The summed E-state index contributed by atoms with van der Waals surface area (Å²) in [6.45, 7) is 9.58. The minimum atomic E-state index is -0.193. The van der Waals surface area contributed by atoms with Gasteiger partial charge in [0.2, 0.25) is 5.91 Å². The Kier molecular flexibility index (Phi) is 3.21. The van der Waals surface area contributed by atoms with Crippen molar-refractivity contribution in [2.45, 2.75) is 45.2 Å². The SMILES string of the molecule is CNC(=O)C1(C)CCN(C2CNC(C)(C)C2)C1. The topological polar surface area (TPSA) is 44.4 Å². The Morgan fingerprint density at radius 1 is 1.41 bits per heavy atom. The first-order valence-electron chi connectivity index (χ1n) is 6.58. The summed E-state index contributed by atoms with van der Waals surface area (Å²) in [5.74, 6) is 0.185. The van der Waals surface area contributed by atoms with Gasteiger partial charge in [0, 0.05) is 31.7 Å². The van der Waals surface area contributed by atoms with E-state index in [1.165, 1.54) is 6.42 Å². The third-order valence-corrected chi connectivity index (χ3v) is 4.36. The Bertz CT molecular complexity index is 316. The zero-order valence-electron chi connectivity index (χ0n) is 11.5. The van der Waals surface area contributed by atoms with Gasteiger partial charge in [0.1, 0.15) is 0 Å². The molecule has 2 atom stereocenters. The van der Waals surface area contributed by atoms with Crippen LogP contribution in [0.5, 0.6) is 0 Å². The maximum Gasteiger partial charge on any atom is 0.227 e. The third-order valence-electron chi connectivity index (χ3n) is 4.36. The lowest BCUT2D eigenvalue weighted by Gasteiger charge is -2.27. The van der Waals surface area contributed by atoms with Crippen molar-refractivity contribution in [1.29, 1.82) is 0 Å². The van der Waals surface area contributed by atoms with Crippen LogP contribution in [0.15, 0.2) is 0 Å². The number of carbonyl (C=O) groups is 1. The van der Waals surface area contributed by atoms with E-state index in [1.807, 2.05) is 0 Å². The van der Waals surface area contributed by atoms with Crippen LogP contribution in [0.4, 0.5) is 0 Å². The van der Waals surface area contributed by atoms with Crippen LogP contribution in [0, 0.1) is 5.41 Å². The molecule has 2 rings (SSSR count). The van der Waals surface area contributed by atoms with Crippen molar-refractivity contribution in [2.24, 2.45) is 5.41 Å². The van der Waals surface area contributed by atoms with Gasteiger partial charge < -0.3 is 10.6 Å². The Morgan fingerprint density at radius 2 is 2.12 bits per heavy atom. The second-order valence-electron chi connectivity index (χ2n) is 6.48. The Hall–Kier alpha value is -0.610. The van der Waals surface area contributed by atoms with E-state index in [4.69, 9.17) is 0 Å². The van der Waals surface area contributed by atoms with Gasteiger partial charge in [-0.25, -0.2) is 0 Å².